The molecule has 0 aromatic heterocycles. The zero-order chi connectivity index (χ0) is 12.9. The van der Waals surface area contributed by atoms with Crippen LogP contribution in [0.25, 0.3) is 0 Å². The zero-order valence-electron chi connectivity index (χ0n) is 12.2. The highest BCUT2D eigenvalue weighted by atomic mass is 35.5. The van der Waals surface area contributed by atoms with E-state index < -0.39 is 0 Å². The number of methoxy groups -OCH3 is 1. The lowest BCUT2D eigenvalue weighted by Gasteiger charge is -2.56. The normalized spacial score (nSPS) is 34.5. The van der Waals surface area contributed by atoms with Crippen LogP contribution in [0, 0.1) is 5.92 Å². The molecule has 1 aliphatic heterocycles. The van der Waals surface area contributed by atoms with E-state index in [2.05, 4.69) is 23.5 Å². The Kier molecular flexibility index (Phi) is 3.72. The van der Waals surface area contributed by atoms with Crippen LogP contribution >= 0.6 is 12.4 Å². The van der Waals surface area contributed by atoms with Gasteiger partial charge in [-0.3, -0.25) is 0 Å². The van der Waals surface area contributed by atoms with Crippen molar-refractivity contribution in [3.8, 4) is 5.75 Å². The summed E-state index contributed by atoms with van der Waals surface area (Å²) in [7, 11) is 1.78. The Balaban J connectivity index is 0.00000121. The van der Waals surface area contributed by atoms with Crippen LogP contribution in [0.3, 0.4) is 0 Å². The van der Waals surface area contributed by atoms with E-state index in [4.69, 9.17) is 4.74 Å². The third-order valence-electron chi connectivity index (χ3n) is 5.85. The molecule has 1 aromatic rings. The third kappa shape index (κ3) is 1.88. The van der Waals surface area contributed by atoms with Gasteiger partial charge in [-0.1, -0.05) is 18.9 Å². The second-order valence-corrected chi connectivity index (χ2v) is 6.55. The maximum Gasteiger partial charge on any atom is 0.119 e. The SMILES string of the molecule is COc1ccc2c(c1)[C@@]13CCCCC1[C@@H](C2)NCC3.Cl. The molecule has 4 rings (SSSR count). The molecular formula is C17H24ClNO. The van der Waals surface area contributed by atoms with Gasteiger partial charge in [0.2, 0.25) is 0 Å². The van der Waals surface area contributed by atoms with Gasteiger partial charge in [0, 0.05) is 11.5 Å². The second kappa shape index (κ2) is 5.23. The van der Waals surface area contributed by atoms with Crippen LogP contribution in [0.5, 0.6) is 5.75 Å². The third-order valence-corrected chi connectivity index (χ3v) is 5.85. The molecule has 1 N–H and O–H groups in total. The average molecular weight is 294 g/mol. The molecule has 1 heterocycles. The predicted octanol–water partition coefficient (Wildman–Crippen LogP) is 3.46. The minimum atomic E-state index is 0. The van der Waals surface area contributed by atoms with Gasteiger partial charge in [0.25, 0.3) is 0 Å². The molecule has 1 aromatic carbocycles. The van der Waals surface area contributed by atoms with Gasteiger partial charge in [0.1, 0.15) is 5.75 Å². The van der Waals surface area contributed by atoms with Crippen molar-refractivity contribution in [1.82, 2.24) is 5.32 Å². The smallest absolute Gasteiger partial charge is 0.119 e. The first-order chi connectivity index (χ1) is 9.33. The van der Waals surface area contributed by atoms with Crippen LogP contribution < -0.4 is 10.1 Å². The Bertz CT molecular complexity index is 500. The van der Waals surface area contributed by atoms with Crippen molar-refractivity contribution in [2.45, 2.75) is 50.0 Å². The lowest BCUT2D eigenvalue weighted by molar-refractivity contribution is 0.0795. The second-order valence-electron chi connectivity index (χ2n) is 6.55. The molecule has 110 valence electrons. The zero-order valence-corrected chi connectivity index (χ0v) is 13.0. The summed E-state index contributed by atoms with van der Waals surface area (Å²) >= 11 is 0. The Labute approximate surface area is 127 Å². The van der Waals surface area contributed by atoms with Crippen molar-refractivity contribution in [2.24, 2.45) is 5.92 Å². The minimum absolute atomic E-state index is 0. The van der Waals surface area contributed by atoms with E-state index in [0.717, 1.165) is 17.7 Å². The highest BCUT2D eigenvalue weighted by Gasteiger charge is 2.51. The van der Waals surface area contributed by atoms with Crippen molar-refractivity contribution in [3.05, 3.63) is 29.3 Å². The van der Waals surface area contributed by atoms with Crippen LogP contribution in [0.4, 0.5) is 0 Å². The fourth-order valence-electron chi connectivity index (χ4n) is 5.03. The molecule has 0 spiro atoms. The molecule has 2 aliphatic carbocycles. The van der Waals surface area contributed by atoms with E-state index in [9.17, 15) is 0 Å². The maximum absolute atomic E-state index is 5.48. The summed E-state index contributed by atoms with van der Waals surface area (Å²) in [6.07, 6.45) is 8.15. The molecule has 1 unspecified atom stereocenters. The Hall–Kier alpha value is -0.730. The molecule has 2 fully saturated rings. The van der Waals surface area contributed by atoms with E-state index in [1.54, 1.807) is 18.2 Å². The minimum Gasteiger partial charge on any atom is -0.497 e. The molecule has 3 atom stereocenters. The number of nitrogens with one attached hydrogen (secondary N) is 1. The fraction of sp³-hybridized carbons (Fsp3) is 0.647. The van der Waals surface area contributed by atoms with Crippen LogP contribution in [-0.2, 0) is 11.8 Å². The van der Waals surface area contributed by atoms with Gasteiger partial charge in [-0.25, -0.2) is 0 Å². The topological polar surface area (TPSA) is 21.3 Å². The molecule has 20 heavy (non-hydrogen) atoms. The fourth-order valence-corrected chi connectivity index (χ4v) is 5.03. The lowest BCUT2D eigenvalue weighted by Crippen LogP contribution is -2.59. The van der Waals surface area contributed by atoms with E-state index in [1.165, 1.54) is 45.1 Å². The molecule has 0 amide bonds. The van der Waals surface area contributed by atoms with E-state index >= 15 is 0 Å². The van der Waals surface area contributed by atoms with Crippen molar-refractivity contribution >= 4 is 12.4 Å². The van der Waals surface area contributed by atoms with Gasteiger partial charge >= 0.3 is 0 Å². The van der Waals surface area contributed by atoms with Crippen LogP contribution in [0.1, 0.15) is 43.2 Å². The summed E-state index contributed by atoms with van der Waals surface area (Å²) < 4.78 is 5.48. The summed E-state index contributed by atoms with van der Waals surface area (Å²) in [5.74, 6) is 1.89. The molecule has 0 radical (unpaired) electrons. The van der Waals surface area contributed by atoms with Crippen molar-refractivity contribution in [1.29, 1.82) is 0 Å². The molecule has 3 heteroatoms. The first kappa shape index (κ1) is 14.2. The number of hydrogen-bond donors (Lipinski definition) is 1. The van der Waals surface area contributed by atoms with Gasteiger partial charge in [-0.2, -0.15) is 0 Å². The van der Waals surface area contributed by atoms with Crippen LogP contribution in [-0.4, -0.2) is 19.7 Å². The highest BCUT2D eigenvalue weighted by molar-refractivity contribution is 5.85. The highest BCUT2D eigenvalue weighted by Crippen LogP contribution is 2.54. The van der Waals surface area contributed by atoms with Crippen LogP contribution in [0.15, 0.2) is 18.2 Å². The van der Waals surface area contributed by atoms with Gasteiger partial charge in [-0.15, -0.1) is 12.4 Å². The predicted molar refractivity (Wildman–Crippen MR) is 84.0 cm³/mol. The largest absolute Gasteiger partial charge is 0.497 e. The molecule has 2 bridgehead atoms. The van der Waals surface area contributed by atoms with Gasteiger partial charge in [0.15, 0.2) is 0 Å². The molecule has 2 nitrogen and oxygen atoms in total. The van der Waals surface area contributed by atoms with Crippen molar-refractivity contribution in [3.63, 3.8) is 0 Å². The number of benzene rings is 1. The Morgan fingerprint density at radius 3 is 3.00 bits per heavy atom. The quantitative estimate of drug-likeness (QED) is 0.856. The lowest BCUT2D eigenvalue weighted by atomic mass is 9.53. The van der Waals surface area contributed by atoms with Gasteiger partial charge < -0.3 is 10.1 Å². The number of ether oxygens (including phenoxy) is 1. The molecule has 1 saturated heterocycles. The summed E-state index contributed by atoms with van der Waals surface area (Å²) in [6, 6.07) is 7.50. The van der Waals surface area contributed by atoms with Gasteiger partial charge in [-0.05, 0) is 61.4 Å². The molecule has 3 aliphatic rings. The number of fused-ring (bicyclic) bond motifs is 1. The maximum atomic E-state index is 5.48. The van der Waals surface area contributed by atoms with Crippen molar-refractivity contribution < 1.29 is 4.74 Å². The number of piperidine rings is 1. The van der Waals surface area contributed by atoms with Crippen LogP contribution in [0.2, 0.25) is 0 Å². The van der Waals surface area contributed by atoms with Crippen molar-refractivity contribution in [2.75, 3.05) is 13.7 Å². The number of hydrogen-bond acceptors (Lipinski definition) is 2. The van der Waals surface area contributed by atoms with Gasteiger partial charge in [0.05, 0.1) is 7.11 Å². The first-order valence-corrected chi connectivity index (χ1v) is 7.74. The Morgan fingerprint density at radius 1 is 1.25 bits per heavy atom. The first-order valence-electron chi connectivity index (χ1n) is 7.74. The van der Waals surface area contributed by atoms with E-state index in [-0.39, 0.29) is 12.4 Å². The number of rotatable bonds is 1. The summed E-state index contributed by atoms with van der Waals surface area (Å²) in [5, 5.41) is 3.78. The van der Waals surface area contributed by atoms with E-state index in [1.807, 2.05) is 0 Å². The molecule has 1 saturated carbocycles. The van der Waals surface area contributed by atoms with E-state index in [0.29, 0.717) is 5.41 Å². The Morgan fingerprint density at radius 2 is 2.15 bits per heavy atom. The standard InChI is InChI=1S/C17H23NO.ClH/c1-19-13-6-5-12-10-16-14-4-2-3-7-17(14,8-9-18-16)15(12)11-13;/h5-6,11,14,16,18H,2-4,7-10H2,1H3;1H/t14?,16-,17-;/m1./s1. The summed E-state index contributed by atoms with van der Waals surface area (Å²) in [4.78, 5) is 0. The number of halogens is 1. The summed E-state index contributed by atoms with van der Waals surface area (Å²) in [6.45, 7) is 1.19. The average Bonchev–Trinajstić information content (AvgIpc) is 2.47. The monoisotopic (exact) mass is 293 g/mol. The molecular weight excluding hydrogens is 270 g/mol. The summed E-state index contributed by atoms with van der Waals surface area (Å²) in [5.41, 5.74) is 3.64.